The largest absolute Gasteiger partial charge is 0.444 e. The molecular weight excluding hydrogens is 206 g/mol. The molecule has 2 aromatic heterocycles. The lowest BCUT2D eigenvalue weighted by molar-refractivity contribution is 0.576. The average molecular weight is 215 g/mol. The molecule has 0 fully saturated rings. The van der Waals surface area contributed by atoms with Crippen molar-refractivity contribution in [2.75, 3.05) is 0 Å². The fourth-order valence-electron chi connectivity index (χ4n) is 1.71. The summed E-state index contributed by atoms with van der Waals surface area (Å²) < 4.78 is 6.61. The third-order valence-corrected chi connectivity index (χ3v) is 3.73. The number of aromatic nitrogens is 1. The number of thiophene rings is 1. The van der Waals surface area contributed by atoms with Crippen molar-refractivity contribution in [2.45, 2.75) is 6.92 Å². The molecule has 3 heteroatoms. The van der Waals surface area contributed by atoms with Gasteiger partial charge in [-0.05, 0) is 23.9 Å². The minimum Gasteiger partial charge on any atom is -0.444 e. The topological polar surface area (TPSA) is 26.0 Å². The van der Waals surface area contributed by atoms with Crippen LogP contribution in [0.2, 0.25) is 0 Å². The molecule has 0 bridgehead atoms. The van der Waals surface area contributed by atoms with E-state index < -0.39 is 0 Å². The number of oxazole rings is 1. The number of hydrogen-bond acceptors (Lipinski definition) is 3. The number of aryl methyl sites for hydroxylation is 1. The molecule has 3 rings (SSSR count). The summed E-state index contributed by atoms with van der Waals surface area (Å²) in [4.78, 5) is 5.31. The van der Waals surface area contributed by atoms with Crippen LogP contribution in [0.15, 0.2) is 41.1 Å². The fourth-order valence-corrected chi connectivity index (χ4v) is 2.86. The van der Waals surface area contributed by atoms with E-state index in [0.29, 0.717) is 5.89 Å². The Labute approximate surface area is 91.2 Å². The Morgan fingerprint density at radius 1 is 1.27 bits per heavy atom. The van der Waals surface area contributed by atoms with Crippen molar-refractivity contribution < 1.29 is 4.42 Å². The zero-order chi connectivity index (χ0) is 10.3. The summed E-state index contributed by atoms with van der Waals surface area (Å²) in [5.41, 5.74) is 1.25. The van der Waals surface area contributed by atoms with E-state index in [1.165, 1.54) is 15.6 Å². The quantitative estimate of drug-likeness (QED) is 0.616. The van der Waals surface area contributed by atoms with E-state index in [1.807, 2.05) is 0 Å². The lowest BCUT2D eigenvalue weighted by Gasteiger charge is -1.91. The summed E-state index contributed by atoms with van der Waals surface area (Å²) >= 11 is 1.73. The van der Waals surface area contributed by atoms with Gasteiger partial charge in [0.2, 0.25) is 5.89 Å². The molecule has 0 atom stereocenters. The number of rotatable bonds is 1. The highest BCUT2D eigenvalue weighted by Crippen LogP contribution is 2.36. The van der Waals surface area contributed by atoms with Crippen LogP contribution >= 0.6 is 11.3 Å². The van der Waals surface area contributed by atoms with Crippen molar-refractivity contribution in [3.05, 3.63) is 42.3 Å². The van der Waals surface area contributed by atoms with Gasteiger partial charge in [0, 0.05) is 4.70 Å². The molecule has 0 unspecified atom stereocenters. The number of nitrogens with zero attached hydrogens (tertiary/aromatic N) is 1. The van der Waals surface area contributed by atoms with E-state index in [4.69, 9.17) is 4.42 Å². The molecule has 0 saturated heterocycles. The molecule has 2 nitrogen and oxygen atoms in total. The number of fused-ring (bicyclic) bond motifs is 1. The zero-order valence-electron chi connectivity index (χ0n) is 8.23. The highest BCUT2D eigenvalue weighted by atomic mass is 32.1. The highest BCUT2D eigenvalue weighted by Gasteiger charge is 2.12. The molecule has 0 N–H and O–H groups in total. The molecule has 0 spiro atoms. The van der Waals surface area contributed by atoms with E-state index >= 15 is 0 Å². The van der Waals surface area contributed by atoms with E-state index in [-0.39, 0.29) is 0 Å². The molecule has 2 heterocycles. The van der Waals surface area contributed by atoms with E-state index in [0.717, 1.165) is 4.88 Å². The summed E-state index contributed by atoms with van der Waals surface area (Å²) in [5.74, 6) is 0.716. The van der Waals surface area contributed by atoms with Gasteiger partial charge in [0.15, 0.2) is 0 Å². The summed E-state index contributed by atoms with van der Waals surface area (Å²) in [6.45, 7) is 2.11. The van der Waals surface area contributed by atoms with Gasteiger partial charge in [-0.25, -0.2) is 4.98 Å². The normalized spacial score (nSPS) is 11.0. The van der Waals surface area contributed by atoms with Crippen LogP contribution in [0.3, 0.4) is 0 Å². The first-order valence-electron chi connectivity index (χ1n) is 4.74. The monoisotopic (exact) mass is 215 g/mol. The van der Waals surface area contributed by atoms with Crippen LogP contribution < -0.4 is 0 Å². The molecule has 74 valence electrons. The maximum absolute atomic E-state index is 5.33. The first kappa shape index (κ1) is 8.68. The second-order valence-electron chi connectivity index (χ2n) is 3.39. The molecule has 1 aromatic carbocycles. The highest BCUT2D eigenvalue weighted by molar-refractivity contribution is 7.22. The predicted octanol–water partition coefficient (Wildman–Crippen LogP) is 3.86. The third-order valence-electron chi connectivity index (χ3n) is 2.47. The number of benzene rings is 1. The molecule has 0 aliphatic carbocycles. The SMILES string of the molecule is Cc1c(-c2ncco2)sc2ccccc12. The standard InChI is InChI=1S/C12H9NOS/c1-8-9-4-2-3-5-10(9)15-11(8)12-13-6-7-14-12/h2-7H,1H3. The molecule has 0 radical (unpaired) electrons. The summed E-state index contributed by atoms with van der Waals surface area (Å²) in [5, 5.41) is 1.29. The van der Waals surface area contributed by atoms with Crippen molar-refractivity contribution in [2.24, 2.45) is 0 Å². The fraction of sp³-hybridized carbons (Fsp3) is 0.0833. The second kappa shape index (κ2) is 3.21. The van der Waals surface area contributed by atoms with Gasteiger partial charge < -0.3 is 4.42 Å². The van der Waals surface area contributed by atoms with Gasteiger partial charge in [-0.3, -0.25) is 0 Å². The average Bonchev–Trinajstić information content (AvgIpc) is 2.87. The lowest BCUT2D eigenvalue weighted by atomic mass is 10.1. The van der Waals surface area contributed by atoms with Crippen molar-refractivity contribution in [3.63, 3.8) is 0 Å². The predicted molar refractivity (Wildman–Crippen MR) is 62.1 cm³/mol. The van der Waals surface area contributed by atoms with Gasteiger partial charge in [0.25, 0.3) is 0 Å². The van der Waals surface area contributed by atoms with Crippen LogP contribution in [-0.2, 0) is 0 Å². The Morgan fingerprint density at radius 3 is 2.87 bits per heavy atom. The van der Waals surface area contributed by atoms with Crippen molar-refractivity contribution in [3.8, 4) is 10.8 Å². The molecule has 15 heavy (non-hydrogen) atoms. The Hall–Kier alpha value is -1.61. The number of hydrogen-bond donors (Lipinski definition) is 0. The van der Waals surface area contributed by atoms with Gasteiger partial charge in [-0.1, -0.05) is 18.2 Å². The Kier molecular flexibility index (Phi) is 1.86. The van der Waals surface area contributed by atoms with E-state index in [9.17, 15) is 0 Å². The first-order chi connectivity index (χ1) is 7.36. The van der Waals surface area contributed by atoms with Crippen LogP contribution in [-0.4, -0.2) is 4.98 Å². The first-order valence-corrected chi connectivity index (χ1v) is 5.56. The molecule has 0 aliphatic heterocycles. The van der Waals surface area contributed by atoms with Crippen molar-refractivity contribution in [1.29, 1.82) is 0 Å². The molecule has 0 amide bonds. The van der Waals surface area contributed by atoms with Gasteiger partial charge in [0.1, 0.15) is 6.26 Å². The smallest absolute Gasteiger partial charge is 0.236 e. The Balaban J connectivity index is 2.33. The van der Waals surface area contributed by atoms with Gasteiger partial charge in [-0.15, -0.1) is 11.3 Å². The molecule has 3 aromatic rings. The van der Waals surface area contributed by atoms with Crippen LogP contribution in [0.5, 0.6) is 0 Å². The maximum Gasteiger partial charge on any atom is 0.236 e. The van der Waals surface area contributed by atoms with Crippen molar-refractivity contribution in [1.82, 2.24) is 4.98 Å². The van der Waals surface area contributed by atoms with Gasteiger partial charge in [-0.2, -0.15) is 0 Å². The van der Waals surface area contributed by atoms with Gasteiger partial charge in [0.05, 0.1) is 11.1 Å². The second-order valence-corrected chi connectivity index (χ2v) is 4.44. The van der Waals surface area contributed by atoms with Crippen LogP contribution in [0.4, 0.5) is 0 Å². The third kappa shape index (κ3) is 1.27. The minimum absolute atomic E-state index is 0.716. The lowest BCUT2D eigenvalue weighted by Crippen LogP contribution is -1.74. The Morgan fingerprint density at radius 2 is 2.13 bits per heavy atom. The van der Waals surface area contributed by atoms with Crippen LogP contribution in [0.1, 0.15) is 5.56 Å². The molecule has 0 saturated carbocycles. The molecular formula is C12H9NOS. The Bertz CT molecular complexity index is 595. The van der Waals surface area contributed by atoms with E-state index in [2.05, 4.69) is 36.2 Å². The summed E-state index contributed by atoms with van der Waals surface area (Å²) in [7, 11) is 0. The zero-order valence-corrected chi connectivity index (χ0v) is 9.04. The van der Waals surface area contributed by atoms with Crippen LogP contribution in [0.25, 0.3) is 20.9 Å². The minimum atomic E-state index is 0.716. The van der Waals surface area contributed by atoms with Gasteiger partial charge >= 0.3 is 0 Å². The van der Waals surface area contributed by atoms with E-state index in [1.54, 1.807) is 23.8 Å². The van der Waals surface area contributed by atoms with Crippen LogP contribution in [0, 0.1) is 6.92 Å². The van der Waals surface area contributed by atoms with Crippen molar-refractivity contribution >= 4 is 21.4 Å². The summed E-state index contributed by atoms with van der Waals surface area (Å²) in [6.07, 6.45) is 3.29. The summed E-state index contributed by atoms with van der Waals surface area (Å²) in [6, 6.07) is 8.37. The maximum atomic E-state index is 5.33. The molecule has 0 aliphatic rings.